The highest BCUT2D eigenvalue weighted by Crippen LogP contribution is 2.31. The summed E-state index contributed by atoms with van der Waals surface area (Å²) >= 11 is 0. The summed E-state index contributed by atoms with van der Waals surface area (Å²) in [5.41, 5.74) is 0. The second-order valence-electron chi connectivity index (χ2n) is 0.951. The van der Waals surface area contributed by atoms with E-state index >= 15 is 0 Å². The molecule has 0 spiro atoms. The zero-order valence-corrected chi connectivity index (χ0v) is 5.72. The largest absolute Gasteiger partial charge is 0.412 e. The third-order valence-corrected chi connectivity index (χ3v) is 0.316. The van der Waals surface area contributed by atoms with Crippen molar-refractivity contribution in [3.05, 3.63) is 0 Å². The summed E-state index contributed by atoms with van der Waals surface area (Å²) < 4.78 is 19.9. The standard InChI is InChI=1S/C5H4O.F2HOP/c1-3-5(6)4-2;1-4(2)3/h1-2,5-6H;3H. The highest BCUT2D eigenvalue weighted by atomic mass is 31.2. The first-order valence-electron chi connectivity index (χ1n) is 1.95. The molecule has 0 radical (unpaired) electrons. The van der Waals surface area contributed by atoms with Crippen LogP contribution in [0.4, 0.5) is 8.39 Å². The van der Waals surface area contributed by atoms with Crippen LogP contribution in [0, 0.1) is 24.7 Å². The van der Waals surface area contributed by atoms with Crippen LogP contribution >= 0.6 is 8.77 Å². The molecule has 0 aromatic carbocycles. The Kier molecular flexibility index (Phi) is 10.0. The number of hydrogen-bond acceptors (Lipinski definition) is 2. The molecule has 10 heavy (non-hydrogen) atoms. The SMILES string of the molecule is C#CC(O)C#C.OP(F)F. The molecule has 0 saturated heterocycles. The molecule has 0 amide bonds. The molecule has 0 rings (SSSR count). The van der Waals surface area contributed by atoms with Crippen molar-refractivity contribution in [2.45, 2.75) is 6.10 Å². The summed E-state index contributed by atoms with van der Waals surface area (Å²) in [6.07, 6.45) is 8.27. The van der Waals surface area contributed by atoms with E-state index in [2.05, 4.69) is 12.8 Å². The molecule has 0 aliphatic rings. The Labute approximate surface area is 59.0 Å². The number of terminal acetylenes is 2. The third-order valence-electron chi connectivity index (χ3n) is 0.316. The molecule has 0 bridgehead atoms. The minimum atomic E-state index is -3.62. The van der Waals surface area contributed by atoms with E-state index in [0.29, 0.717) is 0 Å². The Morgan fingerprint density at radius 3 is 1.50 bits per heavy atom. The quantitative estimate of drug-likeness (QED) is 0.412. The van der Waals surface area contributed by atoms with Gasteiger partial charge in [-0.25, -0.2) is 0 Å². The van der Waals surface area contributed by atoms with Gasteiger partial charge in [-0.3, -0.25) is 0 Å². The summed E-state index contributed by atoms with van der Waals surface area (Å²) in [4.78, 5) is 6.79. The first kappa shape index (κ1) is 12.0. The molecule has 0 heterocycles. The van der Waals surface area contributed by atoms with E-state index in [-0.39, 0.29) is 0 Å². The van der Waals surface area contributed by atoms with Crippen molar-refractivity contribution in [1.29, 1.82) is 0 Å². The molecule has 0 fully saturated rings. The summed E-state index contributed by atoms with van der Waals surface area (Å²) in [7, 11) is -3.62. The molecule has 0 aliphatic heterocycles. The fourth-order valence-electron chi connectivity index (χ4n) is 0.0481. The van der Waals surface area contributed by atoms with Crippen LogP contribution in [0.1, 0.15) is 0 Å². The Morgan fingerprint density at radius 2 is 1.50 bits per heavy atom. The molecular formula is C5H5F2O2P. The van der Waals surface area contributed by atoms with Crippen molar-refractivity contribution in [2.75, 3.05) is 0 Å². The van der Waals surface area contributed by atoms with Crippen LogP contribution < -0.4 is 0 Å². The van der Waals surface area contributed by atoms with Crippen LogP contribution in [0.15, 0.2) is 0 Å². The predicted molar refractivity (Wildman–Crippen MR) is 35.0 cm³/mol. The minimum absolute atomic E-state index is 1.01. The Morgan fingerprint density at radius 1 is 1.30 bits per heavy atom. The zero-order chi connectivity index (χ0) is 8.57. The summed E-state index contributed by atoms with van der Waals surface area (Å²) in [5, 5.41) is 8.19. The van der Waals surface area contributed by atoms with Crippen molar-refractivity contribution in [2.24, 2.45) is 0 Å². The van der Waals surface area contributed by atoms with E-state index in [1.807, 2.05) is 11.8 Å². The van der Waals surface area contributed by atoms with Gasteiger partial charge in [0.05, 0.1) is 0 Å². The lowest BCUT2D eigenvalue weighted by Gasteiger charge is -1.81. The average Bonchev–Trinajstić information content (AvgIpc) is 1.85. The smallest absolute Gasteiger partial charge is 0.369 e. The highest BCUT2D eigenvalue weighted by molar-refractivity contribution is 7.39. The van der Waals surface area contributed by atoms with Crippen molar-refractivity contribution in [1.82, 2.24) is 0 Å². The van der Waals surface area contributed by atoms with Crippen molar-refractivity contribution < 1.29 is 18.4 Å². The molecule has 56 valence electrons. The summed E-state index contributed by atoms with van der Waals surface area (Å²) in [5.74, 6) is 3.87. The molecule has 0 saturated carbocycles. The van der Waals surface area contributed by atoms with Gasteiger partial charge in [0, 0.05) is 0 Å². The molecule has 5 heteroatoms. The first-order chi connectivity index (χ1) is 4.54. The maximum Gasteiger partial charge on any atom is 0.412 e. The van der Waals surface area contributed by atoms with Crippen molar-refractivity contribution in [3.63, 3.8) is 0 Å². The fourth-order valence-corrected chi connectivity index (χ4v) is 0.0481. The maximum absolute atomic E-state index is 9.95. The van der Waals surface area contributed by atoms with Crippen molar-refractivity contribution in [3.8, 4) is 24.7 Å². The number of rotatable bonds is 0. The summed E-state index contributed by atoms with van der Waals surface area (Å²) in [6, 6.07) is 0. The molecule has 0 aromatic heterocycles. The van der Waals surface area contributed by atoms with E-state index in [0.717, 1.165) is 0 Å². The Bertz CT molecular complexity index is 130. The van der Waals surface area contributed by atoms with Gasteiger partial charge in [-0.2, -0.15) is 8.39 Å². The van der Waals surface area contributed by atoms with Crippen LogP contribution in [0.25, 0.3) is 0 Å². The zero-order valence-electron chi connectivity index (χ0n) is 4.83. The Balaban J connectivity index is 0. The minimum Gasteiger partial charge on any atom is -0.369 e. The highest BCUT2D eigenvalue weighted by Gasteiger charge is 1.86. The van der Waals surface area contributed by atoms with Gasteiger partial charge < -0.3 is 10.00 Å². The Hall–Kier alpha value is -0.670. The average molecular weight is 166 g/mol. The fraction of sp³-hybridized carbons (Fsp3) is 0.200. The van der Waals surface area contributed by atoms with E-state index < -0.39 is 14.9 Å². The van der Waals surface area contributed by atoms with Crippen LogP contribution in [0.5, 0.6) is 0 Å². The van der Waals surface area contributed by atoms with Gasteiger partial charge in [0.15, 0.2) is 6.10 Å². The number of hydrogen-bond donors (Lipinski definition) is 2. The van der Waals surface area contributed by atoms with E-state index in [9.17, 15) is 8.39 Å². The lowest BCUT2D eigenvalue weighted by Crippen LogP contribution is -1.94. The van der Waals surface area contributed by atoms with Gasteiger partial charge in [0.25, 0.3) is 0 Å². The second kappa shape index (κ2) is 8.33. The van der Waals surface area contributed by atoms with Gasteiger partial charge in [-0.05, 0) is 0 Å². The maximum atomic E-state index is 9.95. The normalized spacial score (nSPS) is 7.60. The molecular weight excluding hydrogens is 161 g/mol. The molecule has 0 unspecified atom stereocenters. The van der Waals surface area contributed by atoms with Crippen LogP contribution in [-0.2, 0) is 0 Å². The third kappa shape index (κ3) is 26.5. The summed E-state index contributed by atoms with van der Waals surface area (Å²) in [6.45, 7) is 0. The van der Waals surface area contributed by atoms with E-state index in [1.165, 1.54) is 0 Å². The van der Waals surface area contributed by atoms with E-state index in [4.69, 9.17) is 10.00 Å². The van der Waals surface area contributed by atoms with Gasteiger partial charge in [0.1, 0.15) is 0 Å². The molecule has 0 aliphatic carbocycles. The predicted octanol–water partition coefficient (Wildman–Crippen LogP) is 0.758. The number of aliphatic hydroxyl groups excluding tert-OH is 1. The van der Waals surface area contributed by atoms with E-state index in [1.54, 1.807) is 0 Å². The number of halogens is 2. The van der Waals surface area contributed by atoms with Crippen LogP contribution in [-0.4, -0.2) is 16.1 Å². The van der Waals surface area contributed by atoms with Gasteiger partial charge in [-0.15, -0.1) is 12.8 Å². The molecule has 2 nitrogen and oxygen atoms in total. The number of aliphatic hydroxyl groups is 1. The molecule has 0 atom stereocenters. The monoisotopic (exact) mass is 166 g/mol. The van der Waals surface area contributed by atoms with Crippen LogP contribution in [0.2, 0.25) is 0 Å². The lowest BCUT2D eigenvalue weighted by molar-refractivity contribution is 0.290. The topological polar surface area (TPSA) is 40.5 Å². The molecule has 0 aromatic rings. The van der Waals surface area contributed by atoms with Crippen molar-refractivity contribution >= 4 is 8.77 Å². The second-order valence-corrected chi connectivity index (χ2v) is 1.38. The van der Waals surface area contributed by atoms with Gasteiger partial charge >= 0.3 is 8.77 Å². The van der Waals surface area contributed by atoms with Crippen LogP contribution in [0.3, 0.4) is 0 Å². The first-order valence-corrected chi connectivity index (χ1v) is 3.03. The lowest BCUT2D eigenvalue weighted by atomic mass is 10.4. The molecule has 2 N–H and O–H groups in total. The van der Waals surface area contributed by atoms with Gasteiger partial charge in [-0.1, -0.05) is 11.8 Å². The van der Waals surface area contributed by atoms with Gasteiger partial charge in [0.2, 0.25) is 0 Å².